The van der Waals surface area contributed by atoms with E-state index in [1.54, 1.807) is 0 Å². The Bertz CT molecular complexity index is 444. The smallest absolute Gasteiger partial charge is 0.259 e. The topological polar surface area (TPSA) is 86.3 Å². The van der Waals surface area contributed by atoms with E-state index >= 15 is 0 Å². The summed E-state index contributed by atoms with van der Waals surface area (Å²) in [5, 5.41) is 20.6. The minimum Gasteiger partial charge on any atom is -0.259 e. The molecule has 0 N–H and O–H groups in total. The second-order valence-corrected chi connectivity index (χ2v) is 3.42. The molecule has 6 nitrogen and oxygen atoms in total. The fraction of sp³-hybridized carbons (Fsp3) is 0. The van der Waals surface area contributed by atoms with Crippen LogP contribution in [0.4, 0.5) is 5.69 Å². The summed E-state index contributed by atoms with van der Waals surface area (Å²) in [6, 6.07) is 4.26. The quantitative estimate of drug-likeness (QED) is 0.625. The van der Waals surface area contributed by atoms with Gasteiger partial charge < -0.3 is 0 Å². The number of hydrogen-bond acceptors (Lipinski definition) is 4. The van der Waals surface area contributed by atoms with Crippen LogP contribution in [0.3, 0.4) is 0 Å². The molecule has 0 saturated heterocycles. The van der Waals surface area contributed by atoms with E-state index in [1.165, 1.54) is 24.3 Å². The van der Waals surface area contributed by atoms with E-state index in [-0.39, 0.29) is 5.69 Å². The average molecular weight is 273 g/mol. The molecule has 0 saturated carbocycles. The Morgan fingerprint density at radius 2 is 1.93 bits per heavy atom. The van der Waals surface area contributed by atoms with Crippen LogP contribution in [0.25, 0.3) is 6.08 Å². The fourth-order valence-electron chi connectivity index (χ4n) is 0.920. The number of nitrogens with zero attached hydrogens (tertiary/aromatic N) is 2. The first-order valence-corrected chi connectivity index (χ1v) is 4.55. The van der Waals surface area contributed by atoms with Crippen LogP contribution in [0.2, 0.25) is 0 Å². The lowest BCUT2D eigenvalue weighted by molar-refractivity contribution is -0.400. The van der Waals surface area contributed by atoms with Crippen LogP contribution in [0, 0.1) is 20.2 Å². The van der Waals surface area contributed by atoms with Crippen molar-refractivity contribution in [2.24, 2.45) is 0 Å². The van der Waals surface area contributed by atoms with Crippen LogP contribution in [0.1, 0.15) is 5.56 Å². The van der Waals surface area contributed by atoms with Crippen LogP contribution >= 0.6 is 15.9 Å². The summed E-state index contributed by atoms with van der Waals surface area (Å²) in [4.78, 5) is 19.4. The maximum absolute atomic E-state index is 10.5. The molecule has 0 aliphatic heterocycles. The van der Waals surface area contributed by atoms with Gasteiger partial charge in [0.15, 0.2) is 0 Å². The lowest BCUT2D eigenvalue weighted by Gasteiger charge is -1.96. The Morgan fingerprint density at radius 3 is 2.47 bits per heavy atom. The molecule has 0 spiro atoms. The molecule has 7 heteroatoms. The van der Waals surface area contributed by atoms with Crippen molar-refractivity contribution in [1.82, 2.24) is 0 Å². The predicted octanol–water partition coefficient (Wildman–Crippen LogP) is 2.60. The largest absolute Gasteiger partial charge is 0.284 e. The van der Waals surface area contributed by atoms with Gasteiger partial charge in [-0.2, -0.15) is 0 Å². The van der Waals surface area contributed by atoms with Crippen LogP contribution in [0.15, 0.2) is 28.9 Å². The minimum atomic E-state index is -0.631. The highest BCUT2D eigenvalue weighted by Crippen LogP contribution is 2.25. The summed E-state index contributed by atoms with van der Waals surface area (Å²) in [6.45, 7) is 0. The molecule has 15 heavy (non-hydrogen) atoms. The van der Waals surface area contributed by atoms with Gasteiger partial charge in [0.1, 0.15) is 0 Å². The molecule has 0 unspecified atom stereocenters. The van der Waals surface area contributed by atoms with Crippen LogP contribution in [-0.2, 0) is 0 Å². The van der Waals surface area contributed by atoms with E-state index < -0.39 is 9.85 Å². The maximum atomic E-state index is 10.5. The Hall–Kier alpha value is -1.76. The number of rotatable bonds is 3. The third-order valence-electron chi connectivity index (χ3n) is 1.56. The summed E-state index contributed by atoms with van der Waals surface area (Å²) in [5.74, 6) is 0. The second kappa shape index (κ2) is 4.65. The molecule has 0 aromatic heterocycles. The van der Waals surface area contributed by atoms with E-state index in [2.05, 4.69) is 15.9 Å². The van der Waals surface area contributed by atoms with Crippen LogP contribution in [-0.4, -0.2) is 9.85 Å². The van der Waals surface area contributed by atoms with Crippen molar-refractivity contribution >= 4 is 27.7 Å². The van der Waals surface area contributed by atoms with Crippen LogP contribution < -0.4 is 0 Å². The maximum Gasteiger partial charge on any atom is 0.284 e. The number of nitro groups is 2. The SMILES string of the molecule is O=[N+]([O-])/C=C\c1ccc(Br)c([N+](=O)[O-])c1. The lowest BCUT2D eigenvalue weighted by atomic mass is 10.2. The van der Waals surface area contributed by atoms with Crippen molar-refractivity contribution in [1.29, 1.82) is 0 Å². The van der Waals surface area contributed by atoms with Gasteiger partial charge >= 0.3 is 0 Å². The Labute approximate surface area is 92.6 Å². The molecule has 0 radical (unpaired) electrons. The molecule has 0 heterocycles. The molecular weight excluding hydrogens is 268 g/mol. The van der Waals surface area contributed by atoms with Gasteiger partial charge in [-0.1, -0.05) is 6.07 Å². The summed E-state index contributed by atoms with van der Waals surface area (Å²) in [6.07, 6.45) is 1.92. The summed E-state index contributed by atoms with van der Waals surface area (Å²) in [7, 11) is 0. The summed E-state index contributed by atoms with van der Waals surface area (Å²) < 4.78 is 0.339. The second-order valence-electron chi connectivity index (χ2n) is 2.57. The molecular formula is C8H5BrN2O4. The van der Waals surface area contributed by atoms with E-state index in [0.717, 1.165) is 6.20 Å². The summed E-state index contributed by atoms with van der Waals surface area (Å²) in [5.41, 5.74) is 0.280. The molecule has 1 aromatic carbocycles. The highest BCUT2D eigenvalue weighted by atomic mass is 79.9. The van der Waals surface area contributed by atoms with Gasteiger partial charge in [-0.15, -0.1) is 0 Å². The molecule has 0 bridgehead atoms. The van der Waals surface area contributed by atoms with Gasteiger partial charge in [0.2, 0.25) is 6.20 Å². The lowest BCUT2D eigenvalue weighted by Crippen LogP contribution is -1.90. The van der Waals surface area contributed by atoms with Crippen molar-refractivity contribution in [2.45, 2.75) is 0 Å². The van der Waals surface area contributed by atoms with Crippen molar-refractivity contribution in [3.63, 3.8) is 0 Å². The van der Waals surface area contributed by atoms with Gasteiger partial charge in [0.25, 0.3) is 5.69 Å². The first-order chi connectivity index (χ1) is 7.00. The van der Waals surface area contributed by atoms with Gasteiger partial charge in [0.05, 0.1) is 14.3 Å². The number of benzene rings is 1. The minimum absolute atomic E-state index is 0.125. The third-order valence-corrected chi connectivity index (χ3v) is 2.23. The zero-order valence-electron chi connectivity index (χ0n) is 7.29. The van der Waals surface area contributed by atoms with E-state index in [9.17, 15) is 20.2 Å². The molecule has 1 aromatic rings. The number of halogens is 1. The molecule has 0 fully saturated rings. The fourth-order valence-corrected chi connectivity index (χ4v) is 1.31. The Morgan fingerprint density at radius 1 is 1.27 bits per heavy atom. The number of nitro benzene ring substituents is 1. The Balaban J connectivity index is 3.08. The molecule has 78 valence electrons. The van der Waals surface area contributed by atoms with Crippen molar-refractivity contribution < 1.29 is 9.85 Å². The molecule has 0 amide bonds. The number of hydrogen-bond donors (Lipinski definition) is 0. The van der Waals surface area contributed by atoms with E-state index in [0.29, 0.717) is 10.0 Å². The Kier molecular flexibility index (Phi) is 3.51. The molecule has 0 atom stereocenters. The zero-order chi connectivity index (χ0) is 11.4. The summed E-state index contributed by atoms with van der Waals surface area (Å²) >= 11 is 3.01. The van der Waals surface area contributed by atoms with Gasteiger partial charge in [-0.25, -0.2) is 0 Å². The standard InChI is InChI=1S/C8H5BrN2O4/c9-7-2-1-6(3-4-10(12)13)5-8(7)11(14)15/h1-5H/b4-3-. The average Bonchev–Trinajstić information content (AvgIpc) is 2.16. The van der Waals surface area contributed by atoms with E-state index in [1.807, 2.05) is 0 Å². The van der Waals surface area contributed by atoms with Gasteiger partial charge in [-0.3, -0.25) is 20.2 Å². The van der Waals surface area contributed by atoms with Crippen molar-refractivity contribution in [3.8, 4) is 0 Å². The molecule has 1 rings (SSSR count). The van der Waals surface area contributed by atoms with Crippen LogP contribution in [0.5, 0.6) is 0 Å². The normalized spacial score (nSPS) is 10.5. The predicted molar refractivity (Wildman–Crippen MR) is 56.8 cm³/mol. The molecule has 0 aliphatic rings. The molecule has 0 aliphatic carbocycles. The van der Waals surface area contributed by atoms with Crippen molar-refractivity contribution in [2.75, 3.05) is 0 Å². The van der Waals surface area contributed by atoms with Gasteiger partial charge in [0, 0.05) is 12.1 Å². The zero-order valence-corrected chi connectivity index (χ0v) is 8.88. The highest BCUT2D eigenvalue weighted by molar-refractivity contribution is 9.10. The third kappa shape index (κ3) is 3.13. The first-order valence-electron chi connectivity index (χ1n) is 3.76. The monoisotopic (exact) mass is 272 g/mol. The highest BCUT2D eigenvalue weighted by Gasteiger charge is 2.11. The van der Waals surface area contributed by atoms with Gasteiger partial charge in [-0.05, 0) is 27.6 Å². The first kappa shape index (κ1) is 11.3. The van der Waals surface area contributed by atoms with E-state index in [4.69, 9.17) is 0 Å². The van der Waals surface area contributed by atoms with Crippen molar-refractivity contribution in [3.05, 3.63) is 54.7 Å².